The van der Waals surface area contributed by atoms with Gasteiger partial charge in [-0.05, 0) is 46.6 Å². The number of thiophene rings is 1. The van der Waals surface area contributed by atoms with E-state index in [0.29, 0.717) is 17.0 Å². The Labute approximate surface area is 145 Å². The van der Waals surface area contributed by atoms with E-state index in [-0.39, 0.29) is 17.0 Å². The van der Waals surface area contributed by atoms with E-state index in [4.69, 9.17) is 0 Å². The molecule has 0 fully saturated rings. The fourth-order valence-electron chi connectivity index (χ4n) is 2.80. The van der Waals surface area contributed by atoms with Gasteiger partial charge in [-0.25, -0.2) is 4.79 Å². The number of hydrogen-bond acceptors (Lipinski definition) is 4. The first kappa shape index (κ1) is 18.2. The van der Waals surface area contributed by atoms with Crippen LogP contribution in [0, 0.1) is 13.8 Å². The van der Waals surface area contributed by atoms with Gasteiger partial charge in [-0.15, -0.1) is 11.3 Å². The number of aryl methyl sites for hydroxylation is 1. The van der Waals surface area contributed by atoms with Gasteiger partial charge < -0.3 is 10.4 Å². The second-order valence-electron chi connectivity index (χ2n) is 6.68. The molecule has 2 aromatic rings. The molecular weight excluding hydrogens is 326 g/mol. The van der Waals surface area contributed by atoms with Crippen LogP contribution in [-0.4, -0.2) is 26.8 Å². The molecule has 6 nitrogen and oxygen atoms in total. The van der Waals surface area contributed by atoms with Crippen molar-refractivity contribution in [2.75, 3.05) is 5.32 Å². The summed E-state index contributed by atoms with van der Waals surface area (Å²) in [6.07, 6.45) is 2.14. The summed E-state index contributed by atoms with van der Waals surface area (Å²) in [5.41, 5.74) is 1.93. The Kier molecular flexibility index (Phi) is 4.85. The van der Waals surface area contributed by atoms with Gasteiger partial charge in [-0.2, -0.15) is 5.10 Å². The van der Waals surface area contributed by atoms with Crippen LogP contribution in [0.3, 0.4) is 0 Å². The molecule has 0 aromatic carbocycles. The Morgan fingerprint density at radius 3 is 2.42 bits per heavy atom. The summed E-state index contributed by atoms with van der Waals surface area (Å²) in [5, 5.41) is 16.9. The molecule has 0 saturated heterocycles. The van der Waals surface area contributed by atoms with Gasteiger partial charge in [0.25, 0.3) is 5.91 Å². The number of rotatable bonds is 4. The third-order valence-electron chi connectivity index (χ3n) is 3.89. The molecule has 1 amide bonds. The SMILES string of the molecule is CCc1c(C)sc(NC(=O)c2cnn(C(C)(C)C)c2C)c1C(=O)O. The first-order valence-corrected chi connectivity index (χ1v) is 8.61. The number of nitrogens with zero attached hydrogens (tertiary/aromatic N) is 2. The van der Waals surface area contributed by atoms with E-state index in [2.05, 4.69) is 10.4 Å². The Morgan fingerprint density at radius 1 is 1.33 bits per heavy atom. The molecule has 2 rings (SSSR count). The molecule has 0 saturated carbocycles. The molecular formula is C17H23N3O3S. The van der Waals surface area contributed by atoms with Crippen molar-refractivity contribution in [3.8, 4) is 0 Å². The van der Waals surface area contributed by atoms with E-state index >= 15 is 0 Å². The quantitative estimate of drug-likeness (QED) is 0.878. The number of carboxylic acid groups (broad SMARTS) is 1. The number of aromatic nitrogens is 2. The van der Waals surface area contributed by atoms with E-state index in [1.54, 1.807) is 4.68 Å². The predicted molar refractivity (Wildman–Crippen MR) is 95.3 cm³/mol. The van der Waals surface area contributed by atoms with Crippen LogP contribution in [0.1, 0.15) is 64.5 Å². The largest absolute Gasteiger partial charge is 0.478 e. The summed E-state index contributed by atoms with van der Waals surface area (Å²) in [6.45, 7) is 11.6. The number of carbonyl (C=O) groups excluding carboxylic acids is 1. The highest BCUT2D eigenvalue weighted by molar-refractivity contribution is 7.16. The summed E-state index contributed by atoms with van der Waals surface area (Å²) in [6, 6.07) is 0. The van der Waals surface area contributed by atoms with Gasteiger partial charge in [-0.3, -0.25) is 9.48 Å². The van der Waals surface area contributed by atoms with Crippen LogP contribution in [0.15, 0.2) is 6.20 Å². The molecule has 0 atom stereocenters. The van der Waals surface area contributed by atoms with Crippen molar-refractivity contribution in [1.82, 2.24) is 9.78 Å². The predicted octanol–water partition coefficient (Wildman–Crippen LogP) is 3.83. The van der Waals surface area contributed by atoms with Crippen LogP contribution in [-0.2, 0) is 12.0 Å². The Morgan fingerprint density at radius 2 is 1.96 bits per heavy atom. The van der Waals surface area contributed by atoms with Crippen LogP contribution >= 0.6 is 11.3 Å². The number of carboxylic acids is 1. The van der Waals surface area contributed by atoms with E-state index in [1.807, 2.05) is 41.5 Å². The molecule has 7 heteroatoms. The van der Waals surface area contributed by atoms with E-state index in [9.17, 15) is 14.7 Å². The van der Waals surface area contributed by atoms with Crippen LogP contribution in [0.25, 0.3) is 0 Å². The number of carbonyl (C=O) groups is 2. The van der Waals surface area contributed by atoms with Crippen molar-refractivity contribution in [3.05, 3.63) is 33.5 Å². The minimum absolute atomic E-state index is 0.189. The van der Waals surface area contributed by atoms with Crippen molar-refractivity contribution in [3.63, 3.8) is 0 Å². The van der Waals surface area contributed by atoms with E-state index < -0.39 is 5.97 Å². The molecule has 0 spiro atoms. The standard InChI is InChI=1S/C17H23N3O3S/c1-7-11-10(3)24-15(13(11)16(22)23)19-14(21)12-8-18-20(9(12)2)17(4,5)6/h8H,7H2,1-6H3,(H,19,21)(H,22,23). The van der Waals surface area contributed by atoms with Gasteiger partial charge in [-0.1, -0.05) is 6.92 Å². The zero-order valence-corrected chi connectivity index (χ0v) is 15.7. The lowest BCUT2D eigenvalue weighted by molar-refractivity contribution is 0.0697. The molecule has 2 N–H and O–H groups in total. The third-order valence-corrected chi connectivity index (χ3v) is 4.96. The summed E-state index contributed by atoms with van der Waals surface area (Å²) in [4.78, 5) is 25.1. The summed E-state index contributed by atoms with van der Waals surface area (Å²) >= 11 is 1.30. The van der Waals surface area contributed by atoms with Crippen molar-refractivity contribution in [2.45, 2.75) is 53.5 Å². The van der Waals surface area contributed by atoms with Crippen LogP contribution < -0.4 is 5.32 Å². The van der Waals surface area contributed by atoms with Crippen molar-refractivity contribution >= 4 is 28.2 Å². The van der Waals surface area contributed by atoms with Gasteiger partial charge in [0.1, 0.15) is 5.00 Å². The van der Waals surface area contributed by atoms with Gasteiger partial charge in [0.05, 0.1) is 22.9 Å². The molecule has 0 unspecified atom stereocenters. The highest BCUT2D eigenvalue weighted by atomic mass is 32.1. The Balaban J connectivity index is 2.38. The number of anilines is 1. The maximum atomic E-state index is 12.6. The topological polar surface area (TPSA) is 84.2 Å². The zero-order valence-electron chi connectivity index (χ0n) is 14.9. The van der Waals surface area contributed by atoms with Crippen LogP contribution in [0.5, 0.6) is 0 Å². The molecule has 0 radical (unpaired) electrons. The lowest BCUT2D eigenvalue weighted by atomic mass is 10.1. The Hall–Kier alpha value is -2.15. The minimum atomic E-state index is -1.02. The fraction of sp³-hybridized carbons (Fsp3) is 0.471. The molecule has 2 heterocycles. The van der Waals surface area contributed by atoms with E-state index in [0.717, 1.165) is 16.1 Å². The average molecular weight is 349 g/mol. The zero-order chi connectivity index (χ0) is 18.2. The maximum Gasteiger partial charge on any atom is 0.339 e. The molecule has 2 aromatic heterocycles. The first-order valence-electron chi connectivity index (χ1n) is 7.79. The molecule has 0 bridgehead atoms. The number of amides is 1. The van der Waals surface area contributed by atoms with Crippen molar-refractivity contribution in [1.29, 1.82) is 0 Å². The molecule has 0 aliphatic heterocycles. The second kappa shape index (κ2) is 6.39. The lowest BCUT2D eigenvalue weighted by Gasteiger charge is -2.21. The normalized spacial score (nSPS) is 11.6. The summed E-state index contributed by atoms with van der Waals surface area (Å²) < 4.78 is 1.79. The van der Waals surface area contributed by atoms with Gasteiger partial charge >= 0.3 is 5.97 Å². The molecule has 0 aliphatic rings. The van der Waals surface area contributed by atoms with Crippen LogP contribution in [0.4, 0.5) is 5.00 Å². The molecule has 24 heavy (non-hydrogen) atoms. The van der Waals surface area contributed by atoms with E-state index in [1.165, 1.54) is 17.5 Å². The first-order chi connectivity index (χ1) is 11.1. The third kappa shape index (κ3) is 3.21. The van der Waals surface area contributed by atoms with Crippen LogP contribution in [0.2, 0.25) is 0 Å². The lowest BCUT2D eigenvalue weighted by Crippen LogP contribution is -2.25. The Bertz CT molecular complexity index is 797. The maximum absolute atomic E-state index is 12.6. The van der Waals surface area contributed by atoms with Crippen molar-refractivity contribution < 1.29 is 14.7 Å². The average Bonchev–Trinajstić information content (AvgIpc) is 2.98. The highest BCUT2D eigenvalue weighted by Crippen LogP contribution is 2.34. The summed E-state index contributed by atoms with van der Waals surface area (Å²) in [7, 11) is 0. The number of nitrogens with one attached hydrogen (secondary N) is 1. The highest BCUT2D eigenvalue weighted by Gasteiger charge is 2.25. The molecule has 130 valence electrons. The van der Waals surface area contributed by atoms with Gasteiger partial charge in [0.2, 0.25) is 0 Å². The van der Waals surface area contributed by atoms with Gasteiger partial charge in [0, 0.05) is 10.6 Å². The monoisotopic (exact) mass is 349 g/mol. The number of hydrogen-bond donors (Lipinski definition) is 2. The second-order valence-corrected chi connectivity index (χ2v) is 7.90. The smallest absolute Gasteiger partial charge is 0.339 e. The fourth-order valence-corrected chi connectivity index (χ4v) is 3.93. The molecule has 0 aliphatic carbocycles. The summed E-state index contributed by atoms with van der Waals surface area (Å²) in [5.74, 6) is -1.36. The number of aromatic carboxylic acids is 1. The van der Waals surface area contributed by atoms with Gasteiger partial charge in [0.15, 0.2) is 0 Å². The van der Waals surface area contributed by atoms with Crippen molar-refractivity contribution in [2.24, 2.45) is 0 Å². The minimum Gasteiger partial charge on any atom is -0.478 e.